The molecule has 4 aromatic rings. The van der Waals surface area contributed by atoms with Crippen LogP contribution in [0.5, 0.6) is 0 Å². The van der Waals surface area contributed by atoms with Crippen LogP contribution in [-0.4, -0.2) is 8.97 Å². The molecule has 29 heavy (non-hydrogen) atoms. The van der Waals surface area contributed by atoms with Gasteiger partial charge in [-0.15, -0.1) is 0 Å². The van der Waals surface area contributed by atoms with Gasteiger partial charge in [-0.3, -0.25) is 0 Å². The predicted molar refractivity (Wildman–Crippen MR) is 120 cm³/mol. The second-order valence-electron chi connectivity index (χ2n) is 7.99. The molecule has 0 saturated heterocycles. The molecule has 153 valence electrons. The second-order valence-corrected chi connectivity index (χ2v) is 9.69. The number of fused-ring (bicyclic) bond motifs is 1. The number of pyridine rings is 1. The van der Waals surface area contributed by atoms with Gasteiger partial charge in [-0.1, -0.05) is 0 Å². The van der Waals surface area contributed by atoms with Gasteiger partial charge in [0, 0.05) is 0 Å². The van der Waals surface area contributed by atoms with Crippen molar-refractivity contribution in [3.05, 3.63) is 85.9 Å². The first-order valence-electron chi connectivity index (χ1n) is 9.75. The first kappa shape index (κ1) is 20.4. The summed E-state index contributed by atoms with van der Waals surface area (Å²) in [7, 11) is 6.61. The second kappa shape index (κ2) is 7.73. The molecule has 0 N–H and O–H groups in total. The Balaban J connectivity index is 2.12. The number of rotatable bonds is 2. The van der Waals surface area contributed by atoms with Gasteiger partial charge < -0.3 is 0 Å². The van der Waals surface area contributed by atoms with E-state index in [-0.39, 0.29) is 16.5 Å². The summed E-state index contributed by atoms with van der Waals surface area (Å²) in [4.78, 5) is 0. The molecule has 0 aliphatic carbocycles. The molecule has 0 unspecified atom stereocenters. The molecule has 0 amide bonds. The third-order valence-electron chi connectivity index (χ3n) is 5.50. The number of hydrogen-bond acceptors (Lipinski definition) is 0. The van der Waals surface area contributed by atoms with Gasteiger partial charge in [-0.05, 0) is 0 Å². The normalized spacial score (nSPS) is 12.7. The average molecular weight is 496 g/mol. The molecule has 2 heterocycles. The van der Waals surface area contributed by atoms with Crippen LogP contribution in [0, 0.1) is 45.4 Å². The quantitative estimate of drug-likeness (QED) is 0.264. The Morgan fingerprint density at radius 3 is 1.86 bits per heavy atom. The van der Waals surface area contributed by atoms with Crippen LogP contribution in [0.3, 0.4) is 0 Å². The standard InChI is InChI=1S/C25H26N2.ClH.Pd/c1-16-10-18(3)24(19(4)11-16)23-9-7-8-22-14-26(15-27(22)23)25-20(5)12-17(2)13-21(25)6;;/h7-14H,1-6H3;1H;/q;;+1/p-1. The maximum absolute atomic E-state index is 6.61. The van der Waals surface area contributed by atoms with E-state index in [1.165, 1.54) is 50.3 Å². The van der Waals surface area contributed by atoms with Crippen molar-refractivity contribution < 1.29 is 16.5 Å². The Kier molecular flexibility index (Phi) is 5.42. The number of hydrogen-bond donors (Lipinski definition) is 0. The number of halogens is 1. The van der Waals surface area contributed by atoms with E-state index in [2.05, 4.69) is 99.2 Å². The van der Waals surface area contributed by atoms with Crippen molar-refractivity contribution >= 4 is 15.0 Å². The SMILES string of the molecule is Cc1cc(C)c(-c2cccc3cn(-c4c(C)cc(C)cc4C)[c](=[Pd][Cl])n23)c(C)c1. The van der Waals surface area contributed by atoms with E-state index < -0.39 is 0 Å². The molecule has 0 radical (unpaired) electrons. The van der Waals surface area contributed by atoms with Crippen molar-refractivity contribution in [2.45, 2.75) is 41.5 Å². The Morgan fingerprint density at radius 1 is 0.759 bits per heavy atom. The molecule has 0 saturated carbocycles. The minimum atomic E-state index is -0.0700. The van der Waals surface area contributed by atoms with Gasteiger partial charge in [0.1, 0.15) is 0 Å². The van der Waals surface area contributed by atoms with Crippen molar-refractivity contribution in [1.29, 1.82) is 0 Å². The van der Waals surface area contributed by atoms with Gasteiger partial charge in [0.25, 0.3) is 0 Å². The Morgan fingerprint density at radius 2 is 1.31 bits per heavy atom. The van der Waals surface area contributed by atoms with E-state index in [0.717, 1.165) is 9.41 Å². The Bertz CT molecular complexity index is 1280. The number of nitrogens with zero attached hydrogens (tertiary/aromatic N) is 2. The van der Waals surface area contributed by atoms with Crippen molar-refractivity contribution in [1.82, 2.24) is 8.97 Å². The first-order chi connectivity index (χ1) is 13.8. The summed E-state index contributed by atoms with van der Waals surface area (Å²) in [5.74, 6) is 0. The fraction of sp³-hybridized carbons (Fsp3) is 0.240. The topological polar surface area (TPSA) is 9.34 Å². The molecule has 2 aromatic carbocycles. The molecule has 0 fully saturated rings. The average Bonchev–Trinajstić information content (AvgIpc) is 2.98. The molecule has 2 aromatic heterocycles. The Hall–Kier alpha value is -1.92. The first-order valence-corrected chi connectivity index (χ1v) is 12.5. The van der Waals surface area contributed by atoms with E-state index >= 15 is 0 Å². The van der Waals surface area contributed by atoms with E-state index in [9.17, 15) is 0 Å². The van der Waals surface area contributed by atoms with E-state index in [1.807, 2.05) is 0 Å². The third-order valence-corrected chi connectivity index (χ3v) is 7.12. The van der Waals surface area contributed by atoms with Gasteiger partial charge >= 0.3 is 185 Å². The van der Waals surface area contributed by atoms with E-state index in [1.54, 1.807) is 0 Å². The maximum atomic E-state index is 6.61. The van der Waals surface area contributed by atoms with Crippen molar-refractivity contribution in [3.8, 4) is 16.9 Å². The van der Waals surface area contributed by atoms with Crippen molar-refractivity contribution in [3.63, 3.8) is 0 Å². The number of aromatic nitrogens is 2. The summed E-state index contributed by atoms with van der Waals surface area (Å²) >= 11 is -0.0700. The van der Waals surface area contributed by atoms with Crippen LogP contribution >= 0.6 is 9.53 Å². The summed E-state index contributed by atoms with van der Waals surface area (Å²) < 4.78 is 5.76. The summed E-state index contributed by atoms with van der Waals surface area (Å²) in [6.45, 7) is 13.1. The van der Waals surface area contributed by atoms with Crippen LogP contribution in [0.2, 0.25) is 0 Å². The number of benzene rings is 2. The molecule has 4 heteroatoms. The van der Waals surface area contributed by atoms with Crippen LogP contribution in [-0.2, 0) is 16.5 Å². The zero-order chi connectivity index (χ0) is 20.9. The van der Waals surface area contributed by atoms with Crippen molar-refractivity contribution in [2.24, 2.45) is 0 Å². The van der Waals surface area contributed by atoms with Crippen LogP contribution < -0.4 is 0 Å². The molecular formula is C25H26ClN2Pd. The molecule has 0 aliphatic heterocycles. The third kappa shape index (κ3) is 3.46. The molecule has 2 nitrogen and oxygen atoms in total. The summed E-state index contributed by atoms with van der Waals surface area (Å²) in [6, 6.07) is 15.5. The van der Waals surface area contributed by atoms with Crippen LogP contribution in [0.15, 0.2) is 48.7 Å². The Labute approximate surface area is 184 Å². The molecule has 0 bridgehead atoms. The molecular weight excluding hydrogens is 470 g/mol. The van der Waals surface area contributed by atoms with Gasteiger partial charge in [-0.25, -0.2) is 0 Å². The van der Waals surface area contributed by atoms with E-state index in [4.69, 9.17) is 9.53 Å². The summed E-state index contributed by atoms with van der Waals surface area (Å²) in [5.41, 5.74) is 12.6. The summed E-state index contributed by atoms with van der Waals surface area (Å²) in [6.07, 6.45) is 2.23. The number of aryl methyl sites for hydroxylation is 6. The fourth-order valence-corrected chi connectivity index (χ4v) is 6.24. The van der Waals surface area contributed by atoms with E-state index in [0.29, 0.717) is 0 Å². The van der Waals surface area contributed by atoms with Gasteiger partial charge in [0.05, 0.1) is 0 Å². The summed E-state index contributed by atoms with van der Waals surface area (Å²) in [5, 5.41) is 0. The monoisotopic (exact) mass is 495 g/mol. The van der Waals surface area contributed by atoms with Gasteiger partial charge in [0.2, 0.25) is 0 Å². The van der Waals surface area contributed by atoms with Gasteiger partial charge in [-0.2, -0.15) is 0 Å². The molecule has 0 aliphatic rings. The van der Waals surface area contributed by atoms with Gasteiger partial charge in [0.15, 0.2) is 0 Å². The molecule has 4 rings (SSSR count). The van der Waals surface area contributed by atoms with Crippen LogP contribution in [0.1, 0.15) is 33.4 Å². The molecule has 0 spiro atoms. The predicted octanol–water partition coefficient (Wildman–Crippen LogP) is 7.02. The zero-order valence-electron chi connectivity index (χ0n) is 17.7. The van der Waals surface area contributed by atoms with Crippen molar-refractivity contribution in [2.75, 3.05) is 0 Å². The number of imidazole rings is 1. The molecule has 0 atom stereocenters. The van der Waals surface area contributed by atoms with Crippen LogP contribution in [0.4, 0.5) is 0 Å². The zero-order valence-corrected chi connectivity index (χ0v) is 20.0. The minimum absolute atomic E-state index is 0.0700. The van der Waals surface area contributed by atoms with Crippen LogP contribution in [0.25, 0.3) is 22.5 Å². The fourth-order valence-electron chi connectivity index (χ4n) is 4.64.